The quantitative estimate of drug-likeness (QED) is 0.421. The molecule has 0 saturated heterocycles. The zero-order valence-electron chi connectivity index (χ0n) is 4.20. The van der Waals surface area contributed by atoms with Crippen molar-refractivity contribution in [1.29, 1.82) is 0 Å². The molecule has 0 aromatic heterocycles. The van der Waals surface area contributed by atoms with E-state index in [-0.39, 0.29) is 6.42 Å². The molecule has 0 bridgehead atoms. The highest BCUT2D eigenvalue weighted by Crippen LogP contribution is 1.75. The number of hydrogen-bond donors (Lipinski definition) is 1. The van der Waals surface area contributed by atoms with Crippen molar-refractivity contribution in [2.45, 2.75) is 6.42 Å². The standard InChI is InChI=1S/C5H6O3/c6-4-2-1-3-5(7)8/h1,3-4H,2H2,(H,7,8)/b3-1+. The minimum atomic E-state index is -1.02. The Balaban J connectivity index is 3.34. The number of carboxylic acid groups (broad SMARTS) is 1. The second-order valence-corrected chi connectivity index (χ2v) is 1.14. The molecule has 0 aliphatic carbocycles. The summed E-state index contributed by atoms with van der Waals surface area (Å²) in [6.45, 7) is 0. The highest BCUT2D eigenvalue weighted by Gasteiger charge is 1.81. The molecule has 0 aromatic carbocycles. The topological polar surface area (TPSA) is 54.4 Å². The molecule has 0 saturated carbocycles. The van der Waals surface area contributed by atoms with E-state index in [9.17, 15) is 9.59 Å². The van der Waals surface area contributed by atoms with Gasteiger partial charge in [-0.05, 0) is 0 Å². The third kappa shape index (κ3) is 4.88. The van der Waals surface area contributed by atoms with Crippen LogP contribution in [0.3, 0.4) is 0 Å². The summed E-state index contributed by atoms with van der Waals surface area (Å²) in [5.41, 5.74) is 0. The molecule has 44 valence electrons. The second-order valence-electron chi connectivity index (χ2n) is 1.14. The molecular formula is C5H6O3. The highest BCUT2D eigenvalue weighted by atomic mass is 16.4. The summed E-state index contributed by atoms with van der Waals surface area (Å²) in [4.78, 5) is 19.2. The Labute approximate surface area is 46.6 Å². The number of allylic oxidation sites excluding steroid dienone is 1. The van der Waals surface area contributed by atoms with Crippen LogP contribution in [-0.2, 0) is 9.59 Å². The number of hydrogen-bond acceptors (Lipinski definition) is 2. The van der Waals surface area contributed by atoms with E-state index in [1.54, 1.807) is 0 Å². The SMILES string of the molecule is O=CC/C=C/C(=O)O. The maximum absolute atomic E-state index is 9.67. The smallest absolute Gasteiger partial charge is 0.327 e. The lowest BCUT2D eigenvalue weighted by Crippen LogP contribution is -1.85. The molecule has 0 aliphatic rings. The maximum Gasteiger partial charge on any atom is 0.327 e. The fourth-order valence-corrected chi connectivity index (χ4v) is 0.224. The zero-order chi connectivity index (χ0) is 6.41. The summed E-state index contributed by atoms with van der Waals surface area (Å²) >= 11 is 0. The molecule has 1 N–H and O–H groups in total. The van der Waals surface area contributed by atoms with Crippen LogP contribution in [0.1, 0.15) is 6.42 Å². The van der Waals surface area contributed by atoms with Crippen LogP contribution < -0.4 is 0 Å². The van der Waals surface area contributed by atoms with E-state index in [2.05, 4.69) is 0 Å². The molecule has 8 heavy (non-hydrogen) atoms. The third-order valence-corrected chi connectivity index (χ3v) is 0.493. The molecule has 3 heteroatoms. The van der Waals surface area contributed by atoms with Gasteiger partial charge in [-0.2, -0.15) is 0 Å². The molecule has 0 radical (unpaired) electrons. The van der Waals surface area contributed by atoms with Gasteiger partial charge in [-0.1, -0.05) is 6.08 Å². The van der Waals surface area contributed by atoms with Crippen molar-refractivity contribution >= 4 is 12.3 Å². The number of aliphatic carboxylic acids is 1. The Hall–Kier alpha value is -1.12. The average molecular weight is 114 g/mol. The number of rotatable bonds is 3. The van der Waals surface area contributed by atoms with Crippen molar-refractivity contribution in [3.63, 3.8) is 0 Å². The van der Waals surface area contributed by atoms with E-state index < -0.39 is 5.97 Å². The summed E-state index contributed by atoms with van der Waals surface area (Å²) in [7, 11) is 0. The molecule has 0 aromatic rings. The van der Waals surface area contributed by atoms with Gasteiger partial charge in [-0.25, -0.2) is 4.79 Å². The molecule has 0 unspecified atom stereocenters. The molecule has 3 nitrogen and oxygen atoms in total. The predicted octanol–water partition coefficient (Wildman–Crippen LogP) is 0.216. The summed E-state index contributed by atoms with van der Waals surface area (Å²) in [6, 6.07) is 0. The minimum absolute atomic E-state index is 0.173. The first-order valence-corrected chi connectivity index (χ1v) is 2.10. The molecule has 0 fully saturated rings. The second kappa shape index (κ2) is 4.05. The zero-order valence-corrected chi connectivity index (χ0v) is 4.20. The van der Waals surface area contributed by atoms with Crippen molar-refractivity contribution in [3.8, 4) is 0 Å². The molecular weight excluding hydrogens is 108 g/mol. The van der Waals surface area contributed by atoms with Gasteiger partial charge < -0.3 is 9.90 Å². The lowest BCUT2D eigenvalue weighted by molar-refractivity contribution is -0.131. The van der Waals surface area contributed by atoms with Crippen LogP contribution >= 0.6 is 0 Å². The van der Waals surface area contributed by atoms with Gasteiger partial charge in [0, 0.05) is 12.5 Å². The van der Waals surface area contributed by atoms with E-state index in [1.165, 1.54) is 6.08 Å². The first-order chi connectivity index (χ1) is 3.77. The average Bonchev–Trinajstić information content (AvgIpc) is 1.66. The number of carbonyl (C=O) groups excluding carboxylic acids is 1. The maximum atomic E-state index is 9.67. The number of carboxylic acids is 1. The van der Waals surface area contributed by atoms with Gasteiger partial charge in [0.25, 0.3) is 0 Å². The van der Waals surface area contributed by atoms with Crippen LogP contribution in [0.2, 0.25) is 0 Å². The molecule has 0 atom stereocenters. The van der Waals surface area contributed by atoms with E-state index in [1.807, 2.05) is 0 Å². The molecule has 0 amide bonds. The molecule has 0 spiro atoms. The van der Waals surface area contributed by atoms with Crippen LogP contribution in [0, 0.1) is 0 Å². The largest absolute Gasteiger partial charge is 0.478 e. The van der Waals surface area contributed by atoms with Crippen LogP contribution in [0.25, 0.3) is 0 Å². The van der Waals surface area contributed by atoms with Gasteiger partial charge in [0.1, 0.15) is 6.29 Å². The van der Waals surface area contributed by atoms with E-state index >= 15 is 0 Å². The van der Waals surface area contributed by atoms with Gasteiger partial charge in [-0.15, -0.1) is 0 Å². The van der Waals surface area contributed by atoms with Gasteiger partial charge in [-0.3, -0.25) is 0 Å². The van der Waals surface area contributed by atoms with Gasteiger partial charge in [0.2, 0.25) is 0 Å². The van der Waals surface area contributed by atoms with E-state index in [0.717, 1.165) is 6.08 Å². The lowest BCUT2D eigenvalue weighted by Gasteiger charge is -1.73. The Morgan fingerprint density at radius 2 is 2.25 bits per heavy atom. The van der Waals surface area contributed by atoms with Crippen LogP contribution in [0.5, 0.6) is 0 Å². The van der Waals surface area contributed by atoms with E-state index in [0.29, 0.717) is 6.29 Å². The number of aldehydes is 1. The van der Waals surface area contributed by atoms with Crippen molar-refractivity contribution in [3.05, 3.63) is 12.2 Å². The van der Waals surface area contributed by atoms with Crippen molar-refractivity contribution in [2.24, 2.45) is 0 Å². The Bertz CT molecular complexity index is 115. The monoisotopic (exact) mass is 114 g/mol. The summed E-state index contributed by atoms with van der Waals surface area (Å²) < 4.78 is 0. The summed E-state index contributed by atoms with van der Waals surface area (Å²) in [6.07, 6.45) is 3.04. The van der Waals surface area contributed by atoms with Crippen molar-refractivity contribution in [2.75, 3.05) is 0 Å². The van der Waals surface area contributed by atoms with Crippen molar-refractivity contribution < 1.29 is 14.7 Å². The van der Waals surface area contributed by atoms with Gasteiger partial charge in [0.15, 0.2) is 0 Å². The Kier molecular flexibility index (Phi) is 3.48. The van der Waals surface area contributed by atoms with Crippen LogP contribution in [0.4, 0.5) is 0 Å². The third-order valence-electron chi connectivity index (χ3n) is 0.493. The lowest BCUT2D eigenvalue weighted by atomic mass is 10.4. The summed E-state index contributed by atoms with van der Waals surface area (Å²) in [5.74, 6) is -1.02. The molecule has 0 heterocycles. The van der Waals surface area contributed by atoms with Crippen LogP contribution in [-0.4, -0.2) is 17.4 Å². The van der Waals surface area contributed by atoms with Crippen molar-refractivity contribution in [1.82, 2.24) is 0 Å². The first kappa shape index (κ1) is 6.88. The summed E-state index contributed by atoms with van der Waals surface area (Å²) in [5, 5.41) is 7.94. The van der Waals surface area contributed by atoms with E-state index in [4.69, 9.17) is 5.11 Å². The Morgan fingerprint density at radius 3 is 2.62 bits per heavy atom. The van der Waals surface area contributed by atoms with Gasteiger partial charge >= 0.3 is 5.97 Å². The molecule has 0 aliphatic heterocycles. The molecule has 0 rings (SSSR count). The fraction of sp³-hybridized carbons (Fsp3) is 0.200. The van der Waals surface area contributed by atoms with Gasteiger partial charge in [0.05, 0.1) is 0 Å². The Morgan fingerprint density at radius 1 is 1.62 bits per heavy atom. The first-order valence-electron chi connectivity index (χ1n) is 2.10. The fourth-order valence-electron chi connectivity index (χ4n) is 0.224. The van der Waals surface area contributed by atoms with Crippen LogP contribution in [0.15, 0.2) is 12.2 Å². The number of carbonyl (C=O) groups is 2. The predicted molar refractivity (Wildman–Crippen MR) is 27.5 cm³/mol. The minimum Gasteiger partial charge on any atom is -0.478 e. The highest BCUT2D eigenvalue weighted by molar-refractivity contribution is 5.80. The normalized spacial score (nSPS) is 9.50.